The van der Waals surface area contributed by atoms with Crippen LogP contribution in [0.1, 0.15) is 12.1 Å². The highest BCUT2D eigenvalue weighted by Gasteiger charge is 2.11. The Hall–Kier alpha value is -1.95. The van der Waals surface area contributed by atoms with Gasteiger partial charge in [-0.3, -0.25) is 4.79 Å². The first kappa shape index (κ1) is 14.5. The fraction of sp³-hybridized carbons (Fsp3) is 0.286. The quantitative estimate of drug-likeness (QED) is 0.795. The molecule has 0 aliphatic carbocycles. The second-order valence-corrected chi connectivity index (χ2v) is 4.92. The van der Waals surface area contributed by atoms with Crippen molar-refractivity contribution >= 4 is 17.3 Å². The molecule has 0 unspecified atom stereocenters. The predicted octanol–water partition coefficient (Wildman–Crippen LogP) is 3.06. The van der Waals surface area contributed by atoms with E-state index in [0.29, 0.717) is 22.7 Å². The van der Waals surface area contributed by atoms with Gasteiger partial charge in [-0.2, -0.15) is 0 Å². The molecule has 0 amide bonds. The highest BCUT2D eigenvalue weighted by atomic mass is 32.1. The van der Waals surface area contributed by atoms with Crippen LogP contribution >= 0.6 is 11.3 Å². The van der Waals surface area contributed by atoms with Gasteiger partial charge in [0.15, 0.2) is 0 Å². The number of rotatable bonds is 5. The van der Waals surface area contributed by atoms with Gasteiger partial charge in [0.1, 0.15) is 16.6 Å². The maximum atomic E-state index is 13.9. The summed E-state index contributed by atoms with van der Waals surface area (Å²) in [4.78, 5) is 15.4. The molecule has 2 rings (SSSR count). The van der Waals surface area contributed by atoms with Crippen LogP contribution in [0.25, 0.3) is 10.6 Å². The summed E-state index contributed by atoms with van der Waals surface area (Å²) in [6.45, 7) is 0. The number of aryl methyl sites for hydroxylation is 1. The minimum absolute atomic E-state index is 0.269. The van der Waals surface area contributed by atoms with Crippen molar-refractivity contribution in [3.8, 4) is 16.3 Å². The molecule has 1 aromatic carbocycles. The van der Waals surface area contributed by atoms with E-state index >= 15 is 0 Å². The zero-order valence-corrected chi connectivity index (χ0v) is 12.0. The van der Waals surface area contributed by atoms with E-state index in [0.717, 1.165) is 5.69 Å². The van der Waals surface area contributed by atoms with E-state index in [9.17, 15) is 9.18 Å². The number of hydrogen-bond donors (Lipinski definition) is 0. The van der Waals surface area contributed by atoms with Crippen molar-refractivity contribution in [1.29, 1.82) is 0 Å². The van der Waals surface area contributed by atoms with Crippen molar-refractivity contribution in [1.82, 2.24) is 4.98 Å². The molecule has 0 aliphatic rings. The SMILES string of the molecule is COC(=O)CCc1csc(-c2ccc(OC)cc2F)n1. The average molecular weight is 295 g/mol. The Kier molecular flexibility index (Phi) is 4.68. The van der Waals surface area contributed by atoms with Gasteiger partial charge < -0.3 is 9.47 Å². The van der Waals surface area contributed by atoms with Crippen LogP contribution in [-0.4, -0.2) is 25.2 Å². The largest absolute Gasteiger partial charge is 0.497 e. The molecular formula is C14H14FNO3S. The lowest BCUT2D eigenvalue weighted by Crippen LogP contribution is -2.01. The molecule has 4 nitrogen and oxygen atoms in total. The van der Waals surface area contributed by atoms with Crippen molar-refractivity contribution in [2.24, 2.45) is 0 Å². The van der Waals surface area contributed by atoms with Gasteiger partial charge in [-0.15, -0.1) is 11.3 Å². The van der Waals surface area contributed by atoms with Gasteiger partial charge in [0.2, 0.25) is 0 Å². The molecule has 1 aromatic heterocycles. The predicted molar refractivity (Wildman–Crippen MR) is 74.4 cm³/mol. The summed E-state index contributed by atoms with van der Waals surface area (Å²) in [5.41, 5.74) is 1.19. The van der Waals surface area contributed by atoms with Crippen LogP contribution in [0.2, 0.25) is 0 Å². The molecule has 0 N–H and O–H groups in total. The smallest absolute Gasteiger partial charge is 0.305 e. The van der Waals surface area contributed by atoms with E-state index in [4.69, 9.17) is 4.74 Å². The number of aromatic nitrogens is 1. The number of ether oxygens (including phenoxy) is 2. The van der Waals surface area contributed by atoms with Crippen LogP contribution in [-0.2, 0) is 16.0 Å². The highest BCUT2D eigenvalue weighted by Crippen LogP contribution is 2.29. The molecule has 0 bridgehead atoms. The monoisotopic (exact) mass is 295 g/mol. The summed E-state index contributed by atoms with van der Waals surface area (Å²) in [6.07, 6.45) is 0.756. The highest BCUT2D eigenvalue weighted by molar-refractivity contribution is 7.13. The van der Waals surface area contributed by atoms with Gasteiger partial charge in [0, 0.05) is 23.4 Å². The third kappa shape index (κ3) is 3.33. The first-order valence-electron chi connectivity index (χ1n) is 5.99. The van der Waals surface area contributed by atoms with Crippen molar-refractivity contribution in [2.75, 3.05) is 14.2 Å². The van der Waals surface area contributed by atoms with E-state index < -0.39 is 0 Å². The number of esters is 1. The first-order chi connectivity index (χ1) is 9.63. The molecule has 6 heteroatoms. The number of methoxy groups -OCH3 is 2. The number of carbonyl (C=O) groups is 1. The van der Waals surface area contributed by atoms with Crippen molar-refractivity contribution < 1.29 is 18.7 Å². The van der Waals surface area contributed by atoms with Crippen molar-refractivity contribution in [3.63, 3.8) is 0 Å². The number of carbonyl (C=O) groups excluding carboxylic acids is 1. The molecule has 1 heterocycles. The maximum absolute atomic E-state index is 13.9. The van der Waals surface area contributed by atoms with Gasteiger partial charge in [-0.1, -0.05) is 0 Å². The number of thiazole rings is 1. The Labute approximate surface area is 120 Å². The topological polar surface area (TPSA) is 48.4 Å². The van der Waals surface area contributed by atoms with Gasteiger partial charge in [-0.25, -0.2) is 9.37 Å². The zero-order chi connectivity index (χ0) is 14.5. The third-order valence-corrected chi connectivity index (χ3v) is 3.70. The van der Waals surface area contributed by atoms with E-state index in [2.05, 4.69) is 9.72 Å². The van der Waals surface area contributed by atoms with Gasteiger partial charge >= 0.3 is 5.97 Å². The van der Waals surface area contributed by atoms with Crippen LogP contribution in [0.5, 0.6) is 5.75 Å². The molecule has 0 aliphatic heterocycles. The minimum atomic E-state index is -0.377. The van der Waals surface area contributed by atoms with E-state index in [1.54, 1.807) is 12.1 Å². The van der Waals surface area contributed by atoms with Gasteiger partial charge in [-0.05, 0) is 12.1 Å². The van der Waals surface area contributed by atoms with Crippen LogP contribution in [0, 0.1) is 5.82 Å². The van der Waals surface area contributed by atoms with Crippen LogP contribution < -0.4 is 4.74 Å². The molecule has 0 radical (unpaired) electrons. The Bertz CT molecular complexity index is 612. The molecule has 106 valence electrons. The Morgan fingerprint density at radius 2 is 2.20 bits per heavy atom. The summed E-state index contributed by atoms with van der Waals surface area (Å²) < 4.78 is 23.4. The lowest BCUT2D eigenvalue weighted by atomic mass is 10.2. The molecule has 0 atom stereocenters. The van der Waals surface area contributed by atoms with Crippen LogP contribution in [0.4, 0.5) is 4.39 Å². The second kappa shape index (κ2) is 6.47. The number of benzene rings is 1. The normalized spacial score (nSPS) is 10.3. The van der Waals surface area contributed by atoms with Crippen LogP contribution in [0.15, 0.2) is 23.6 Å². The second-order valence-electron chi connectivity index (χ2n) is 4.07. The summed E-state index contributed by atoms with van der Waals surface area (Å²) >= 11 is 1.35. The Morgan fingerprint density at radius 1 is 1.40 bits per heavy atom. The molecular weight excluding hydrogens is 281 g/mol. The standard InChI is InChI=1S/C14H14FNO3S/c1-18-10-4-5-11(12(15)7-10)14-16-9(8-20-14)3-6-13(17)19-2/h4-5,7-8H,3,6H2,1-2H3. The fourth-order valence-corrected chi connectivity index (χ4v) is 2.55. The molecule has 0 saturated carbocycles. The molecule has 20 heavy (non-hydrogen) atoms. The maximum Gasteiger partial charge on any atom is 0.305 e. The van der Waals surface area contributed by atoms with Crippen LogP contribution in [0.3, 0.4) is 0 Å². The zero-order valence-electron chi connectivity index (χ0n) is 11.2. The van der Waals surface area contributed by atoms with E-state index in [1.807, 2.05) is 5.38 Å². The fourth-order valence-electron chi connectivity index (χ4n) is 1.67. The number of nitrogens with zero attached hydrogens (tertiary/aromatic N) is 1. The Balaban J connectivity index is 2.14. The lowest BCUT2D eigenvalue weighted by molar-refractivity contribution is -0.140. The Morgan fingerprint density at radius 3 is 2.85 bits per heavy atom. The van der Waals surface area contributed by atoms with Gasteiger partial charge in [0.05, 0.1) is 26.3 Å². The number of halogens is 1. The summed E-state index contributed by atoms with van der Waals surface area (Å²) in [5, 5.41) is 2.41. The van der Waals surface area contributed by atoms with Gasteiger partial charge in [0.25, 0.3) is 0 Å². The van der Waals surface area contributed by atoms with E-state index in [-0.39, 0.29) is 18.2 Å². The van der Waals surface area contributed by atoms with E-state index in [1.165, 1.54) is 31.6 Å². The lowest BCUT2D eigenvalue weighted by Gasteiger charge is -2.02. The molecule has 0 fully saturated rings. The molecule has 2 aromatic rings. The summed E-state index contributed by atoms with van der Waals surface area (Å²) in [5.74, 6) is -0.192. The summed E-state index contributed by atoms with van der Waals surface area (Å²) in [6, 6.07) is 4.65. The first-order valence-corrected chi connectivity index (χ1v) is 6.87. The summed E-state index contributed by atoms with van der Waals surface area (Å²) in [7, 11) is 2.84. The average Bonchev–Trinajstić information content (AvgIpc) is 2.93. The number of hydrogen-bond acceptors (Lipinski definition) is 5. The molecule has 0 saturated heterocycles. The molecule has 0 spiro atoms. The minimum Gasteiger partial charge on any atom is -0.497 e. The third-order valence-electron chi connectivity index (χ3n) is 2.77. The van der Waals surface area contributed by atoms with Crippen molar-refractivity contribution in [2.45, 2.75) is 12.8 Å². The van der Waals surface area contributed by atoms with Crippen molar-refractivity contribution in [3.05, 3.63) is 35.1 Å².